The largest absolute Gasteiger partial charge is 0.494 e. The first kappa shape index (κ1) is 15.0. The van der Waals surface area contributed by atoms with E-state index in [1.165, 1.54) is 18.2 Å². The third-order valence-electron chi connectivity index (χ3n) is 3.17. The van der Waals surface area contributed by atoms with Gasteiger partial charge in [-0.1, -0.05) is 13.0 Å². The van der Waals surface area contributed by atoms with Crippen LogP contribution in [0.25, 0.3) is 11.1 Å². The second kappa shape index (κ2) is 6.39. The molecule has 0 spiro atoms. The lowest BCUT2D eigenvalue weighted by Gasteiger charge is -2.11. The smallest absolute Gasteiger partial charge is 0.335 e. The molecule has 0 aliphatic carbocycles. The fraction of sp³-hybridized carbons (Fsp3) is 0.235. The van der Waals surface area contributed by atoms with Crippen LogP contribution in [0, 0.1) is 12.7 Å². The second-order valence-corrected chi connectivity index (χ2v) is 4.82. The van der Waals surface area contributed by atoms with Crippen LogP contribution in [0.4, 0.5) is 4.39 Å². The van der Waals surface area contributed by atoms with Gasteiger partial charge in [-0.05, 0) is 54.8 Å². The normalized spacial score (nSPS) is 10.4. The molecule has 0 aliphatic rings. The van der Waals surface area contributed by atoms with Gasteiger partial charge in [0.25, 0.3) is 0 Å². The fourth-order valence-electron chi connectivity index (χ4n) is 2.11. The fourth-order valence-corrected chi connectivity index (χ4v) is 2.11. The Balaban J connectivity index is 2.42. The molecule has 0 amide bonds. The Morgan fingerprint density at radius 2 is 1.95 bits per heavy atom. The Morgan fingerprint density at radius 3 is 2.57 bits per heavy atom. The van der Waals surface area contributed by atoms with Gasteiger partial charge in [0, 0.05) is 5.56 Å². The molecule has 0 saturated heterocycles. The Labute approximate surface area is 123 Å². The van der Waals surface area contributed by atoms with Crippen molar-refractivity contribution in [3.05, 3.63) is 53.3 Å². The van der Waals surface area contributed by atoms with Crippen LogP contribution >= 0.6 is 0 Å². The van der Waals surface area contributed by atoms with E-state index in [1.807, 2.05) is 19.9 Å². The van der Waals surface area contributed by atoms with Crippen molar-refractivity contribution in [1.29, 1.82) is 0 Å². The van der Waals surface area contributed by atoms with E-state index in [0.717, 1.165) is 17.7 Å². The zero-order valence-electron chi connectivity index (χ0n) is 12.0. The molecule has 0 bridgehead atoms. The minimum Gasteiger partial charge on any atom is -0.494 e. The van der Waals surface area contributed by atoms with Crippen molar-refractivity contribution in [2.45, 2.75) is 20.3 Å². The van der Waals surface area contributed by atoms with Gasteiger partial charge in [0.15, 0.2) is 0 Å². The van der Waals surface area contributed by atoms with Gasteiger partial charge in [0.2, 0.25) is 0 Å². The predicted octanol–water partition coefficient (Wildman–Crippen LogP) is 4.29. The van der Waals surface area contributed by atoms with Gasteiger partial charge in [0.05, 0.1) is 12.2 Å². The van der Waals surface area contributed by atoms with Crippen molar-refractivity contribution in [2.75, 3.05) is 6.61 Å². The topological polar surface area (TPSA) is 46.5 Å². The highest BCUT2D eigenvalue weighted by Crippen LogP contribution is 2.29. The SMILES string of the molecule is CCCOc1ccc(-c2cc(C(=O)O)ccc2F)c(C)c1. The molecule has 21 heavy (non-hydrogen) atoms. The molecule has 110 valence electrons. The molecule has 0 heterocycles. The van der Waals surface area contributed by atoms with Crippen molar-refractivity contribution in [3.63, 3.8) is 0 Å². The van der Waals surface area contributed by atoms with Gasteiger partial charge >= 0.3 is 5.97 Å². The van der Waals surface area contributed by atoms with Gasteiger partial charge in [-0.3, -0.25) is 0 Å². The number of aryl methyl sites for hydroxylation is 1. The Hall–Kier alpha value is -2.36. The van der Waals surface area contributed by atoms with Crippen LogP contribution in [-0.2, 0) is 0 Å². The third kappa shape index (κ3) is 3.40. The van der Waals surface area contributed by atoms with Crippen LogP contribution in [0.1, 0.15) is 29.3 Å². The first-order valence-electron chi connectivity index (χ1n) is 6.79. The summed E-state index contributed by atoms with van der Waals surface area (Å²) < 4.78 is 19.5. The van der Waals surface area contributed by atoms with Gasteiger partial charge in [0.1, 0.15) is 11.6 Å². The van der Waals surface area contributed by atoms with E-state index in [4.69, 9.17) is 9.84 Å². The van der Waals surface area contributed by atoms with Gasteiger partial charge < -0.3 is 9.84 Å². The summed E-state index contributed by atoms with van der Waals surface area (Å²) >= 11 is 0. The zero-order valence-corrected chi connectivity index (χ0v) is 12.0. The summed E-state index contributed by atoms with van der Waals surface area (Å²) in [7, 11) is 0. The molecule has 0 aromatic heterocycles. The second-order valence-electron chi connectivity index (χ2n) is 4.82. The summed E-state index contributed by atoms with van der Waals surface area (Å²) in [5, 5.41) is 9.02. The van der Waals surface area contributed by atoms with Crippen LogP contribution in [0.2, 0.25) is 0 Å². The number of carboxylic acid groups (broad SMARTS) is 1. The lowest BCUT2D eigenvalue weighted by Crippen LogP contribution is -1.99. The van der Waals surface area contributed by atoms with Crippen LogP contribution in [0.3, 0.4) is 0 Å². The highest BCUT2D eigenvalue weighted by molar-refractivity contribution is 5.89. The van der Waals surface area contributed by atoms with Crippen molar-refractivity contribution in [2.24, 2.45) is 0 Å². The standard InChI is InChI=1S/C17H17FO3/c1-3-8-21-13-5-6-14(11(2)9-13)15-10-12(17(19)20)4-7-16(15)18/h4-7,9-10H,3,8H2,1-2H3,(H,19,20). The number of carboxylic acids is 1. The van der Waals surface area contributed by atoms with Gasteiger partial charge in [-0.25, -0.2) is 9.18 Å². The molecule has 0 saturated carbocycles. The Kier molecular flexibility index (Phi) is 4.58. The number of halogens is 1. The number of hydrogen-bond donors (Lipinski definition) is 1. The van der Waals surface area contributed by atoms with E-state index < -0.39 is 11.8 Å². The molecule has 0 fully saturated rings. The zero-order chi connectivity index (χ0) is 15.4. The highest BCUT2D eigenvalue weighted by atomic mass is 19.1. The molecular formula is C17H17FO3. The quantitative estimate of drug-likeness (QED) is 0.892. The maximum atomic E-state index is 14.0. The average Bonchev–Trinajstić information content (AvgIpc) is 2.46. The molecule has 3 nitrogen and oxygen atoms in total. The summed E-state index contributed by atoms with van der Waals surface area (Å²) in [6.07, 6.45) is 0.913. The maximum absolute atomic E-state index is 14.0. The molecule has 2 rings (SSSR count). The van der Waals surface area contributed by atoms with Gasteiger partial charge in [-0.15, -0.1) is 0 Å². The lowest BCUT2D eigenvalue weighted by atomic mass is 9.98. The summed E-state index contributed by atoms with van der Waals surface area (Å²) in [4.78, 5) is 11.0. The number of benzene rings is 2. The number of hydrogen-bond acceptors (Lipinski definition) is 2. The molecule has 0 atom stereocenters. The molecule has 2 aromatic rings. The molecule has 2 aromatic carbocycles. The van der Waals surface area contributed by atoms with Crippen molar-refractivity contribution < 1.29 is 19.0 Å². The van der Waals surface area contributed by atoms with Crippen LogP contribution < -0.4 is 4.74 Å². The first-order valence-corrected chi connectivity index (χ1v) is 6.79. The molecule has 0 unspecified atom stereocenters. The van der Waals surface area contributed by atoms with Crippen LogP contribution in [-0.4, -0.2) is 17.7 Å². The highest BCUT2D eigenvalue weighted by Gasteiger charge is 2.12. The molecule has 4 heteroatoms. The number of ether oxygens (including phenoxy) is 1. The molecule has 0 aliphatic heterocycles. The molecular weight excluding hydrogens is 271 g/mol. The summed E-state index contributed by atoms with van der Waals surface area (Å²) in [6.45, 7) is 4.50. The average molecular weight is 288 g/mol. The van der Waals surface area contributed by atoms with E-state index in [2.05, 4.69) is 0 Å². The summed E-state index contributed by atoms with van der Waals surface area (Å²) in [6, 6.07) is 9.15. The number of aromatic carboxylic acids is 1. The van der Waals surface area contributed by atoms with Crippen molar-refractivity contribution in [1.82, 2.24) is 0 Å². The summed E-state index contributed by atoms with van der Waals surface area (Å²) in [5.74, 6) is -0.782. The third-order valence-corrected chi connectivity index (χ3v) is 3.17. The lowest BCUT2D eigenvalue weighted by molar-refractivity contribution is 0.0697. The number of carbonyl (C=O) groups is 1. The van der Waals surface area contributed by atoms with E-state index in [0.29, 0.717) is 12.2 Å². The molecule has 1 N–H and O–H groups in total. The first-order chi connectivity index (χ1) is 10.0. The van der Waals surface area contributed by atoms with E-state index in [1.54, 1.807) is 12.1 Å². The Bertz CT molecular complexity index is 665. The number of rotatable bonds is 5. The van der Waals surface area contributed by atoms with E-state index >= 15 is 0 Å². The predicted molar refractivity (Wildman–Crippen MR) is 79.3 cm³/mol. The van der Waals surface area contributed by atoms with Crippen molar-refractivity contribution >= 4 is 5.97 Å². The van der Waals surface area contributed by atoms with Gasteiger partial charge in [-0.2, -0.15) is 0 Å². The van der Waals surface area contributed by atoms with E-state index in [-0.39, 0.29) is 11.1 Å². The Morgan fingerprint density at radius 1 is 1.19 bits per heavy atom. The van der Waals surface area contributed by atoms with Crippen molar-refractivity contribution in [3.8, 4) is 16.9 Å². The maximum Gasteiger partial charge on any atom is 0.335 e. The minimum absolute atomic E-state index is 0.0668. The minimum atomic E-state index is -1.07. The molecule has 0 radical (unpaired) electrons. The monoisotopic (exact) mass is 288 g/mol. The summed E-state index contributed by atoms with van der Waals surface area (Å²) in [5.41, 5.74) is 1.86. The van der Waals surface area contributed by atoms with Crippen LogP contribution in [0.15, 0.2) is 36.4 Å². The van der Waals surface area contributed by atoms with E-state index in [9.17, 15) is 9.18 Å². The van der Waals surface area contributed by atoms with Crippen LogP contribution in [0.5, 0.6) is 5.75 Å².